The highest BCUT2D eigenvalue weighted by molar-refractivity contribution is 5.87. The van der Waals surface area contributed by atoms with Crippen molar-refractivity contribution in [2.45, 2.75) is 38.8 Å². The SMILES string of the molecule is CC(C)C[C@H](O)C(=O)N[C@H](Cc1ccc2ccccc2c1)C(=O)O. The van der Waals surface area contributed by atoms with Crippen LogP contribution >= 0.6 is 0 Å². The molecule has 0 saturated carbocycles. The number of fused-ring (bicyclic) bond motifs is 1. The molecule has 2 aromatic rings. The number of benzene rings is 2. The van der Waals surface area contributed by atoms with E-state index in [1.54, 1.807) is 0 Å². The number of carbonyl (C=O) groups excluding carboxylic acids is 1. The van der Waals surface area contributed by atoms with Crippen LogP contribution in [0.5, 0.6) is 0 Å². The molecule has 3 N–H and O–H groups in total. The summed E-state index contributed by atoms with van der Waals surface area (Å²) in [7, 11) is 0. The number of rotatable bonds is 7. The summed E-state index contributed by atoms with van der Waals surface area (Å²) in [5.74, 6) is -1.61. The van der Waals surface area contributed by atoms with Crippen molar-refractivity contribution in [3.63, 3.8) is 0 Å². The van der Waals surface area contributed by atoms with Gasteiger partial charge in [-0.15, -0.1) is 0 Å². The molecule has 2 rings (SSSR count). The third-order valence-electron chi connectivity index (χ3n) is 3.87. The first kappa shape index (κ1) is 17.9. The third kappa shape index (κ3) is 4.80. The Morgan fingerprint density at radius 2 is 1.75 bits per heavy atom. The Hall–Kier alpha value is -2.40. The average molecular weight is 329 g/mol. The predicted molar refractivity (Wildman–Crippen MR) is 92.7 cm³/mol. The Bertz CT molecular complexity index is 726. The number of aliphatic carboxylic acids is 1. The maximum Gasteiger partial charge on any atom is 0.326 e. The van der Waals surface area contributed by atoms with E-state index in [0.29, 0.717) is 6.42 Å². The van der Waals surface area contributed by atoms with Crippen molar-refractivity contribution in [2.24, 2.45) is 5.92 Å². The molecule has 0 unspecified atom stereocenters. The largest absolute Gasteiger partial charge is 0.480 e. The Morgan fingerprint density at radius 1 is 1.08 bits per heavy atom. The first-order chi connectivity index (χ1) is 11.4. The number of amides is 1. The van der Waals surface area contributed by atoms with Crippen molar-refractivity contribution in [1.82, 2.24) is 5.32 Å². The van der Waals surface area contributed by atoms with Gasteiger partial charge in [-0.3, -0.25) is 4.79 Å². The summed E-state index contributed by atoms with van der Waals surface area (Å²) >= 11 is 0. The lowest BCUT2D eigenvalue weighted by Crippen LogP contribution is -2.46. The fourth-order valence-electron chi connectivity index (χ4n) is 2.62. The first-order valence-corrected chi connectivity index (χ1v) is 8.05. The highest BCUT2D eigenvalue weighted by atomic mass is 16.4. The molecule has 2 aromatic carbocycles. The first-order valence-electron chi connectivity index (χ1n) is 8.05. The lowest BCUT2D eigenvalue weighted by atomic mass is 10.0. The zero-order chi connectivity index (χ0) is 17.7. The van der Waals surface area contributed by atoms with Gasteiger partial charge in [0.05, 0.1) is 0 Å². The van der Waals surface area contributed by atoms with Crippen LogP contribution in [-0.2, 0) is 16.0 Å². The van der Waals surface area contributed by atoms with Crippen LogP contribution < -0.4 is 5.32 Å². The minimum absolute atomic E-state index is 0.148. The molecule has 0 saturated heterocycles. The molecule has 0 aromatic heterocycles. The van der Waals surface area contributed by atoms with Crippen LogP contribution in [0.3, 0.4) is 0 Å². The van der Waals surface area contributed by atoms with E-state index in [-0.39, 0.29) is 12.3 Å². The van der Waals surface area contributed by atoms with Gasteiger partial charge < -0.3 is 15.5 Å². The number of hydrogen-bond donors (Lipinski definition) is 3. The van der Waals surface area contributed by atoms with Crippen molar-refractivity contribution in [3.05, 3.63) is 48.0 Å². The van der Waals surface area contributed by atoms with Crippen LogP contribution in [0, 0.1) is 5.92 Å². The number of nitrogens with one attached hydrogen (secondary N) is 1. The van der Waals surface area contributed by atoms with Crippen molar-refractivity contribution in [3.8, 4) is 0 Å². The van der Waals surface area contributed by atoms with Crippen molar-refractivity contribution in [1.29, 1.82) is 0 Å². The van der Waals surface area contributed by atoms with E-state index < -0.39 is 24.0 Å². The van der Waals surface area contributed by atoms with Gasteiger partial charge in [-0.1, -0.05) is 56.3 Å². The quantitative estimate of drug-likeness (QED) is 0.728. The van der Waals surface area contributed by atoms with Gasteiger partial charge in [0.2, 0.25) is 5.91 Å². The second kappa shape index (κ2) is 7.93. The predicted octanol–water partition coefficient (Wildman–Crippen LogP) is 2.36. The minimum Gasteiger partial charge on any atom is -0.480 e. The molecule has 0 spiro atoms. The topological polar surface area (TPSA) is 86.6 Å². The average Bonchev–Trinajstić information content (AvgIpc) is 2.53. The van der Waals surface area contributed by atoms with Gasteiger partial charge in [0.25, 0.3) is 0 Å². The number of aliphatic hydroxyl groups is 1. The molecular weight excluding hydrogens is 306 g/mol. The Kier molecular flexibility index (Phi) is 5.93. The number of carbonyl (C=O) groups is 2. The number of aliphatic hydroxyl groups excluding tert-OH is 1. The smallest absolute Gasteiger partial charge is 0.326 e. The van der Waals surface area contributed by atoms with Gasteiger partial charge >= 0.3 is 5.97 Å². The van der Waals surface area contributed by atoms with Crippen molar-refractivity contribution >= 4 is 22.6 Å². The van der Waals surface area contributed by atoms with E-state index in [1.807, 2.05) is 56.3 Å². The maximum atomic E-state index is 12.0. The highest BCUT2D eigenvalue weighted by Gasteiger charge is 2.24. The minimum atomic E-state index is -1.19. The molecule has 5 heteroatoms. The molecule has 0 fully saturated rings. The molecule has 5 nitrogen and oxygen atoms in total. The maximum absolute atomic E-state index is 12.0. The van der Waals surface area contributed by atoms with E-state index in [0.717, 1.165) is 16.3 Å². The van der Waals surface area contributed by atoms with Crippen LogP contribution in [0.2, 0.25) is 0 Å². The van der Waals surface area contributed by atoms with Gasteiger partial charge in [-0.05, 0) is 28.7 Å². The molecule has 2 atom stereocenters. The standard InChI is InChI=1S/C19H23NO4/c1-12(2)9-17(21)18(22)20-16(19(23)24)11-13-7-8-14-5-3-4-6-15(14)10-13/h3-8,10,12,16-17,21H,9,11H2,1-2H3,(H,20,22)(H,23,24)/t16-,17+/m1/s1. The number of carboxylic acid groups (broad SMARTS) is 1. The lowest BCUT2D eigenvalue weighted by Gasteiger charge is -2.18. The Labute approximate surface area is 141 Å². The second-order valence-corrected chi connectivity index (χ2v) is 6.43. The summed E-state index contributed by atoms with van der Waals surface area (Å²) in [5, 5.41) is 23.7. The summed E-state index contributed by atoms with van der Waals surface area (Å²) in [6.07, 6.45) is -0.725. The zero-order valence-electron chi connectivity index (χ0n) is 13.9. The normalized spacial score (nSPS) is 13.7. The van der Waals surface area contributed by atoms with Gasteiger partial charge in [-0.2, -0.15) is 0 Å². The molecule has 0 bridgehead atoms. The van der Waals surface area contributed by atoms with Crippen LogP contribution in [0.15, 0.2) is 42.5 Å². The van der Waals surface area contributed by atoms with Gasteiger partial charge in [0.1, 0.15) is 12.1 Å². The van der Waals surface area contributed by atoms with E-state index in [1.165, 1.54) is 0 Å². The number of carboxylic acids is 1. The second-order valence-electron chi connectivity index (χ2n) is 6.43. The summed E-state index contributed by atoms with van der Waals surface area (Å²) in [6.45, 7) is 3.78. The summed E-state index contributed by atoms with van der Waals surface area (Å²) in [4.78, 5) is 23.4. The van der Waals surface area contributed by atoms with Gasteiger partial charge in [0.15, 0.2) is 0 Å². The zero-order valence-corrected chi connectivity index (χ0v) is 13.9. The highest BCUT2D eigenvalue weighted by Crippen LogP contribution is 2.17. The third-order valence-corrected chi connectivity index (χ3v) is 3.87. The molecule has 0 aliphatic rings. The molecular formula is C19H23NO4. The Morgan fingerprint density at radius 3 is 2.38 bits per heavy atom. The van der Waals surface area contributed by atoms with E-state index in [9.17, 15) is 19.8 Å². The van der Waals surface area contributed by atoms with E-state index >= 15 is 0 Å². The molecule has 1 amide bonds. The molecule has 0 radical (unpaired) electrons. The molecule has 0 aliphatic carbocycles. The summed E-state index contributed by atoms with van der Waals surface area (Å²) < 4.78 is 0. The van der Waals surface area contributed by atoms with Crippen LogP contribution in [0.1, 0.15) is 25.8 Å². The fraction of sp³-hybridized carbons (Fsp3) is 0.368. The fourth-order valence-corrected chi connectivity index (χ4v) is 2.62. The molecule has 128 valence electrons. The van der Waals surface area contributed by atoms with E-state index in [4.69, 9.17) is 0 Å². The van der Waals surface area contributed by atoms with Gasteiger partial charge in [0, 0.05) is 6.42 Å². The summed E-state index contributed by atoms with van der Waals surface area (Å²) in [5.41, 5.74) is 0.819. The summed E-state index contributed by atoms with van der Waals surface area (Å²) in [6, 6.07) is 12.4. The van der Waals surface area contributed by atoms with Crippen molar-refractivity contribution < 1.29 is 19.8 Å². The molecule has 24 heavy (non-hydrogen) atoms. The lowest BCUT2D eigenvalue weighted by molar-refractivity contribution is -0.143. The molecule has 0 aliphatic heterocycles. The monoisotopic (exact) mass is 329 g/mol. The van der Waals surface area contributed by atoms with Crippen LogP contribution in [0.25, 0.3) is 10.8 Å². The molecule has 0 heterocycles. The van der Waals surface area contributed by atoms with E-state index in [2.05, 4.69) is 5.32 Å². The Balaban J connectivity index is 2.09. The van der Waals surface area contributed by atoms with Gasteiger partial charge in [-0.25, -0.2) is 4.79 Å². The van der Waals surface area contributed by atoms with Crippen molar-refractivity contribution in [2.75, 3.05) is 0 Å². The number of hydrogen-bond acceptors (Lipinski definition) is 3. The van der Waals surface area contributed by atoms with Crippen LogP contribution in [0.4, 0.5) is 0 Å². The van der Waals surface area contributed by atoms with Crippen LogP contribution in [-0.4, -0.2) is 34.2 Å².